The topological polar surface area (TPSA) is 69.1 Å². The van der Waals surface area contributed by atoms with Gasteiger partial charge in [-0.15, -0.1) is 0 Å². The van der Waals surface area contributed by atoms with Crippen LogP contribution in [0.15, 0.2) is 35.1 Å². The molecule has 0 saturated carbocycles. The van der Waals surface area contributed by atoms with Gasteiger partial charge in [-0.3, -0.25) is 0 Å². The molecule has 0 radical (unpaired) electrons. The number of anilines is 1. The van der Waals surface area contributed by atoms with E-state index in [-0.39, 0.29) is 5.41 Å². The number of pyridine rings is 1. The lowest BCUT2D eigenvalue weighted by atomic mass is 9.92. The molecule has 0 bridgehead atoms. The monoisotopic (exact) mass is 345 g/mol. The third kappa shape index (κ3) is 2.51. The predicted molar refractivity (Wildman–Crippen MR) is 87.0 cm³/mol. The summed E-state index contributed by atoms with van der Waals surface area (Å²) in [5, 5.41) is 0. The Bertz CT molecular complexity index is 784. The largest absolute Gasteiger partial charge is 0.383 e. The molecule has 0 amide bonds. The van der Waals surface area contributed by atoms with Crippen LogP contribution in [0.3, 0.4) is 0 Å². The standard InChI is InChI=1S/C15H16BrN5/c1-15(2,3)12-11(16)13(17)20-14(19-12)9-8-21-7-5-4-6-10(21)18-9/h4-8H,1-3H3,(H2,17,19,20). The van der Waals surface area contributed by atoms with E-state index in [1.807, 2.05) is 35.0 Å². The Morgan fingerprint density at radius 1 is 1.14 bits per heavy atom. The van der Waals surface area contributed by atoms with Gasteiger partial charge in [-0.2, -0.15) is 0 Å². The van der Waals surface area contributed by atoms with E-state index in [0.717, 1.165) is 15.8 Å². The zero-order valence-electron chi connectivity index (χ0n) is 12.1. The van der Waals surface area contributed by atoms with Crippen LogP contribution in [0.1, 0.15) is 26.5 Å². The number of halogens is 1. The van der Waals surface area contributed by atoms with E-state index in [4.69, 9.17) is 5.73 Å². The van der Waals surface area contributed by atoms with Gasteiger partial charge in [0.15, 0.2) is 5.82 Å². The van der Waals surface area contributed by atoms with Crippen molar-refractivity contribution in [1.29, 1.82) is 0 Å². The van der Waals surface area contributed by atoms with Crippen molar-refractivity contribution in [1.82, 2.24) is 19.4 Å². The van der Waals surface area contributed by atoms with Crippen LogP contribution >= 0.6 is 15.9 Å². The fraction of sp³-hybridized carbons (Fsp3) is 0.267. The van der Waals surface area contributed by atoms with Gasteiger partial charge in [0.1, 0.15) is 17.2 Å². The zero-order chi connectivity index (χ0) is 15.2. The van der Waals surface area contributed by atoms with Crippen LogP contribution in [0.25, 0.3) is 17.2 Å². The number of nitrogen functional groups attached to an aromatic ring is 1. The van der Waals surface area contributed by atoms with E-state index in [1.165, 1.54) is 0 Å². The van der Waals surface area contributed by atoms with Crippen LogP contribution in [0.5, 0.6) is 0 Å². The quantitative estimate of drug-likeness (QED) is 0.733. The number of nitrogens with zero attached hydrogens (tertiary/aromatic N) is 4. The number of hydrogen-bond acceptors (Lipinski definition) is 4. The summed E-state index contributed by atoms with van der Waals surface area (Å²) in [6.45, 7) is 6.27. The van der Waals surface area contributed by atoms with Crippen LogP contribution in [0, 0.1) is 0 Å². The van der Waals surface area contributed by atoms with Crippen LogP contribution in [-0.4, -0.2) is 19.4 Å². The maximum Gasteiger partial charge on any atom is 0.182 e. The molecule has 0 atom stereocenters. The van der Waals surface area contributed by atoms with Gasteiger partial charge in [0.05, 0.1) is 10.2 Å². The average molecular weight is 346 g/mol. The third-order valence-corrected chi connectivity index (χ3v) is 3.96. The first-order chi connectivity index (χ1) is 9.86. The molecule has 0 unspecified atom stereocenters. The minimum absolute atomic E-state index is 0.135. The lowest BCUT2D eigenvalue weighted by molar-refractivity contribution is 0.564. The molecule has 0 aliphatic carbocycles. The number of aromatic nitrogens is 4. The molecule has 0 fully saturated rings. The van der Waals surface area contributed by atoms with Crippen molar-refractivity contribution >= 4 is 27.4 Å². The van der Waals surface area contributed by atoms with E-state index in [1.54, 1.807) is 0 Å². The van der Waals surface area contributed by atoms with Crippen molar-refractivity contribution in [3.63, 3.8) is 0 Å². The van der Waals surface area contributed by atoms with Gasteiger partial charge < -0.3 is 10.1 Å². The third-order valence-electron chi connectivity index (χ3n) is 3.18. The Hall–Kier alpha value is -1.95. The van der Waals surface area contributed by atoms with Crippen molar-refractivity contribution in [2.24, 2.45) is 0 Å². The highest BCUT2D eigenvalue weighted by molar-refractivity contribution is 9.10. The lowest BCUT2D eigenvalue weighted by Gasteiger charge is -2.20. The van der Waals surface area contributed by atoms with Crippen molar-refractivity contribution in [2.75, 3.05) is 5.73 Å². The molecular weight excluding hydrogens is 330 g/mol. The summed E-state index contributed by atoms with van der Waals surface area (Å²) >= 11 is 3.48. The summed E-state index contributed by atoms with van der Waals surface area (Å²) in [5.74, 6) is 0.978. The van der Waals surface area contributed by atoms with E-state index >= 15 is 0 Å². The van der Waals surface area contributed by atoms with E-state index < -0.39 is 0 Å². The molecule has 0 aromatic carbocycles. The van der Waals surface area contributed by atoms with E-state index in [2.05, 4.69) is 51.7 Å². The van der Waals surface area contributed by atoms with E-state index in [9.17, 15) is 0 Å². The Balaban J connectivity index is 2.20. The second-order valence-electron chi connectivity index (χ2n) is 5.94. The average Bonchev–Trinajstić information content (AvgIpc) is 2.84. The summed E-state index contributed by atoms with van der Waals surface area (Å²) in [7, 11) is 0. The number of rotatable bonds is 1. The van der Waals surface area contributed by atoms with Gasteiger partial charge in [-0.1, -0.05) is 26.8 Å². The first-order valence-corrected chi connectivity index (χ1v) is 7.43. The SMILES string of the molecule is CC(C)(C)c1nc(-c2cn3ccccc3n2)nc(N)c1Br. The Morgan fingerprint density at radius 3 is 2.57 bits per heavy atom. The van der Waals surface area contributed by atoms with Crippen molar-refractivity contribution in [3.05, 3.63) is 40.8 Å². The van der Waals surface area contributed by atoms with Crippen LogP contribution < -0.4 is 5.73 Å². The molecule has 0 aliphatic rings. The summed E-state index contributed by atoms with van der Waals surface area (Å²) < 4.78 is 2.69. The molecule has 0 spiro atoms. The first kappa shape index (κ1) is 14.0. The molecule has 6 heteroatoms. The molecular formula is C15H16BrN5. The molecule has 3 heterocycles. The molecule has 0 saturated heterocycles. The normalized spacial score (nSPS) is 12.0. The minimum atomic E-state index is -0.135. The molecule has 5 nitrogen and oxygen atoms in total. The number of hydrogen-bond donors (Lipinski definition) is 1. The van der Waals surface area contributed by atoms with Crippen LogP contribution in [-0.2, 0) is 5.41 Å². The van der Waals surface area contributed by atoms with E-state index in [0.29, 0.717) is 17.3 Å². The first-order valence-electron chi connectivity index (χ1n) is 6.64. The summed E-state index contributed by atoms with van der Waals surface area (Å²) in [4.78, 5) is 13.6. The summed E-state index contributed by atoms with van der Waals surface area (Å²) in [6.07, 6.45) is 3.85. The Morgan fingerprint density at radius 2 is 1.90 bits per heavy atom. The maximum absolute atomic E-state index is 6.02. The Labute approximate surface area is 131 Å². The van der Waals surface area contributed by atoms with Crippen molar-refractivity contribution in [3.8, 4) is 11.5 Å². The molecule has 108 valence electrons. The minimum Gasteiger partial charge on any atom is -0.383 e. The van der Waals surface area contributed by atoms with Gasteiger partial charge >= 0.3 is 0 Å². The van der Waals surface area contributed by atoms with Gasteiger partial charge in [-0.25, -0.2) is 15.0 Å². The Kier molecular flexibility index (Phi) is 3.20. The van der Waals surface area contributed by atoms with Gasteiger partial charge in [0, 0.05) is 17.8 Å². The second kappa shape index (κ2) is 4.80. The number of nitrogens with two attached hydrogens (primary N) is 1. The molecule has 2 N–H and O–H groups in total. The molecule has 3 aromatic heterocycles. The van der Waals surface area contributed by atoms with Gasteiger partial charge in [0.2, 0.25) is 0 Å². The highest BCUT2D eigenvalue weighted by Crippen LogP contribution is 2.32. The van der Waals surface area contributed by atoms with Crippen LogP contribution in [0.4, 0.5) is 5.82 Å². The second-order valence-corrected chi connectivity index (χ2v) is 6.73. The van der Waals surface area contributed by atoms with Crippen molar-refractivity contribution in [2.45, 2.75) is 26.2 Å². The summed E-state index contributed by atoms with van der Waals surface area (Å²) in [6, 6.07) is 5.84. The highest BCUT2D eigenvalue weighted by Gasteiger charge is 2.23. The lowest BCUT2D eigenvalue weighted by Crippen LogP contribution is -2.17. The predicted octanol–water partition coefficient (Wildman–Crippen LogP) is 3.43. The maximum atomic E-state index is 6.02. The number of fused-ring (bicyclic) bond motifs is 1. The molecule has 3 rings (SSSR count). The molecule has 0 aliphatic heterocycles. The molecule has 3 aromatic rings. The van der Waals surface area contributed by atoms with Gasteiger partial charge in [0.25, 0.3) is 0 Å². The fourth-order valence-electron chi connectivity index (χ4n) is 2.12. The van der Waals surface area contributed by atoms with Gasteiger partial charge in [-0.05, 0) is 28.1 Å². The smallest absolute Gasteiger partial charge is 0.182 e. The zero-order valence-corrected chi connectivity index (χ0v) is 13.7. The van der Waals surface area contributed by atoms with Crippen LogP contribution in [0.2, 0.25) is 0 Å². The van der Waals surface area contributed by atoms with Crippen molar-refractivity contribution < 1.29 is 0 Å². The number of imidazole rings is 1. The summed E-state index contributed by atoms with van der Waals surface area (Å²) in [5.41, 5.74) is 8.33. The highest BCUT2D eigenvalue weighted by atomic mass is 79.9. The fourth-order valence-corrected chi connectivity index (χ4v) is 2.89. The molecule has 21 heavy (non-hydrogen) atoms.